The molecule has 0 radical (unpaired) electrons. The molecule has 12 heteroatoms. The predicted molar refractivity (Wildman–Crippen MR) is 115 cm³/mol. The highest BCUT2D eigenvalue weighted by Gasteiger charge is 2.44. The van der Waals surface area contributed by atoms with Gasteiger partial charge in [0.05, 0.1) is 4.90 Å². The third kappa shape index (κ3) is 4.81. The molecule has 1 aromatic rings. The largest absolute Gasteiger partial charge is 0.486 e. The summed E-state index contributed by atoms with van der Waals surface area (Å²) >= 11 is 0. The van der Waals surface area contributed by atoms with Crippen molar-refractivity contribution in [3.8, 4) is 11.5 Å². The van der Waals surface area contributed by atoms with E-state index in [9.17, 15) is 28.1 Å². The minimum Gasteiger partial charge on any atom is -0.486 e. The van der Waals surface area contributed by atoms with Crippen LogP contribution in [0.4, 0.5) is 0 Å². The van der Waals surface area contributed by atoms with Crippen molar-refractivity contribution in [1.29, 1.82) is 0 Å². The lowest BCUT2D eigenvalue weighted by atomic mass is 9.87. The molecular formula is C21H27N3O8S. The van der Waals surface area contributed by atoms with Gasteiger partial charge in [0.25, 0.3) is 0 Å². The molecule has 2 aliphatic heterocycles. The van der Waals surface area contributed by atoms with Gasteiger partial charge in [-0.1, -0.05) is 6.92 Å². The van der Waals surface area contributed by atoms with Crippen molar-refractivity contribution < 1.29 is 32.4 Å². The van der Waals surface area contributed by atoms with Gasteiger partial charge in [-0.2, -0.15) is 4.31 Å². The van der Waals surface area contributed by atoms with E-state index in [0.29, 0.717) is 24.7 Å². The van der Waals surface area contributed by atoms with Crippen molar-refractivity contribution in [2.75, 3.05) is 45.9 Å². The van der Waals surface area contributed by atoms with Gasteiger partial charge in [-0.25, -0.2) is 8.42 Å². The van der Waals surface area contributed by atoms with Crippen molar-refractivity contribution in [2.24, 2.45) is 17.8 Å². The molecule has 2 fully saturated rings. The number of Topliss-reactive ketones (excluding diaryl/α,β-unsaturated/α-hetero) is 1. The average Bonchev–Trinajstić information content (AvgIpc) is 3.05. The Balaban J connectivity index is 1.37. The first kappa shape index (κ1) is 23.4. The van der Waals surface area contributed by atoms with Crippen molar-refractivity contribution in [2.45, 2.75) is 24.7 Å². The molecule has 3 aliphatic rings. The Labute approximate surface area is 191 Å². The van der Waals surface area contributed by atoms with E-state index in [1.54, 1.807) is 13.0 Å². The van der Waals surface area contributed by atoms with Crippen molar-refractivity contribution in [1.82, 2.24) is 9.21 Å². The molecule has 0 N–H and O–H groups in total. The average molecular weight is 482 g/mol. The first-order valence-electron chi connectivity index (χ1n) is 11.0. The van der Waals surface area contributed by atoms with E-state index in [1.807, 2.05) is 0 Å². The number of nitro groups is 1. The fourth-order valence-corrected chi connectivity index (χ4v) is 6.27. The van der Waals surface area contributed by atoms with Crippen LogP contribution >= 0.6 is 0 Å². The minimum absolute atomic E-state index is 0.0728. The van der Waals surface area contributed by atoms with Crippen LogP contribution in [0, 0.1) is 27.9 Å². The number of hydrogen-bond donors (Lipinski definition) is 0. The van der Waals surface area contributed by atoms with E-state index in [4.69, 9.17) is 9.47 Å². The minimum atomic E-state index is -3.77. The number of hydrogen-bond acceptors (Lipinski definition) is 8. The summed E-state index contributed by atoms with van der Waals surface area (Å²) in [6.45, 7) is 2.86. The summed E-state index contributed by atoms with van der Waals surface area (Å²) in [4.78, 5) is 37.4. The van der Waals surface area contributed by atoms with Crippen LogP contribution in [-0.4, -0.2) is 80.2 Å². The molecule has 1 saturated heterocycles. The van der Waals surface area contributed by atoms with Crippen LogP contribution in [0.25, 0.3) is 0 Å². The summed E-state index contributed by atoms with van der Waals surface area (Å²) in [6, 6.07) is 4.49. The van der Waals surface area contributed by atoms with Crippen LogP contribution in [-0.2, 0) is 19.6 Å². The third-order valence-electron chi connectivity index (χ3n) is 6.68. The normalized spacial score (nSPS) is 25.8. The highest BCUT2D eigenvalue weighted by atomic mass is 32.2. The molecule has 11 nitrogen and oxygen atoms in total. The van der Waals surface area contributed by atoms with Gasteiger partial charge >= 0.3 is 0 Å². The highest BCUT2D eigenvalue weighted by molar-refractivity contribution is 7.89. The molecular weight excluding hydrogens is 454 g/mol. The van der Waals surface area contributed by atoms with Crippen molar-refractivity contribution >= 4 is 21.7 Å². The molecule has 3 atom stereocenters. The topological polar surface area (TPSA) is 136 Å². The smallest absolute Gasteiger partial charge is 0.243 e. The molecule has 180 valence electrons. The van der Waals surface area contributed by atoms with E-state index in [2.05, 4.69) is 0 Å². The number of fused-ring (bicyclic) bond motifs is 1. The molecule has 4 rings (SSSR count). The summed E-state index contributed by atoms with van der Waals surface area (Å²) in [5.74, 6) is -0.730. The van der Waals surface area contributed by atoms with Crippen molar-refractivity contribution in [3.05, 3.63) is 28.3 Å². The highest BCUT2D eigenvalue weighted by Crippen LogP contribution is 2.37. The summed E-state index contributed by atoms with van der Waals surface area (Å²) < 4.78 is 38.4. The summed E-state index contributed by atoms with van der Waals surface area (Å²) in [6.07, 6.45) is 0.175. The Morgan fingerprint density at radius 3 is 2.48 bits per heavy atom. The fraction of sp³-hybridized carbons (Fsp3) is 0.619. The second-order valence-corrected chi connectivity index (χ2v) is 10.7. The standard InChI is InChI=1S/C21H27N3O8S/c1-14-10-18(25)16(17(14)13-24(27)28)12-21(26)22-4-6-23(7-5-22)33(29,30)15-2-3-19-20(11-15)32-9-8-31-19/h2-3,11,14,16-17H,4-10,12-13H2,1H3/t14-,16+,17-/m1/s1. The molecule has 0 unspecified atom stereocenters. The van der Waals surface area contributed by atoms with Crippen LogP contribution in [0.1, 0.15) is 19.8 Å². The Hall–Kier alpha value is -2.73. The maximum Gasteiger partial charge on any atom is 0.243 e. The lowest BCUT2D eigenvalue weighted by molar-refractivity contribution is -0.490. The van der Waals surface area contributed by atoms with Crippen LogP contribution in [0.3, 0.4) is 0 Å². The quantitative estimate of drug-likeness (QED) is 0.430. The Kier molecular flexibility index (Phi) is 6.57. The third-order valence-corrected chi connectivity index (χ3v) is 8.58. The molecule has 1 saturated carbocycles. The molecule has 1 aromatic carbocycles. The number of carbonyl (C=O) groups excluding carboxylic acids is 2. The van der Waals surface area contributed by atoms with Crippen LogP contribution in [0.5, 0.6) is 11.5 Å². The number of ether oxygens (including phenoxy) is 2. The number of rotatable bonds is 6. The summed E-state index contributed by atoms with van der Waals surface area (Å²) in [5, 5.41) is 11.0. The number of piperazine rings is 1. The lowest BCUT2D eigenvalue weighted by Crippen LogP contribution is -2.51. The number of carbonyl (C=O) groups is 2. The van der Waals surface area contributed by atoms with E-state index in [0.717, 1.165) is 0 Å². The first-order chi connectivity index (χ1) is 15.7. The lowest BCUT2D eigenvalue weighted by Gasteiger charge is -2.34. The molecule has 1 aliphatic carbocycles. The van der Waals surface area contributed by atoms with E-state index in [-0.39, 0.29) is 68.1 Å². The Morgan fingerprint density at radius 2 is 1.82 bits per heavy atom. The number of benzene rings is 1. The maximum atomic E-state index is 13.1. The molecule has 2 heterocycles. The van der Waals surface area contributed by atoms with Crippen molar-refractivity contribution in [3.63, 3.8) is 0 Å². The zero-order valence-corrected chi connectivity index (χ0v) is 19.2. The SMILES string of the molecule is C[C@@H]1CC(=O)[C@@H](CC(=O)N2CCN(S(=O)(=O)c3ccc4c(c3)OCCO4)CC2)[C@@H]1C[N+](=O)[O-]. The van der Waals surface area contributed by atoms with Gasteiger partial charge in [0, 0.05) is 61.8 Å². The van der Waals surface area contributed by atoms with Crippen LogP contribution in [0.2, 0.25) is 0 Å². The number of ketones is 1. The van der Waals surface area contributed by atoms with Gasteiger partial charge in [-0.15, -0.1) is 0 Å². The van der Waals surface area contributed by atoms with E-state index >= 15 is 0 Å². The monoisotopic (exact) mass is 481 g/mol. The molecule has 1 amide bonds. The Bertz CT molecular complexity index is 1050. The van der Waals surface area contributed by atoms with E-state index in [1.165, 1.54) is 21.3 Å². The zero-order chi connectivity index (χ0) is 23.8. The first-order valence-corrected chi connectivity index (χ1v) is 12.4. The van der Waals surface area contributed by atoms with Crippen LogP contribution in [0.15, 0.2) is 23.1 Å². The molecule has 0 bridgehead atoms. The summed E-state index contributed by atoms with van der Waals surface area (Å²) in [7, 11) is -3.77. The predicted octanol–water partition coefficient (Wildman–Crippen LogP) is 0.799. The molecule has 0 spiro atoms. The van der Waals surface area contributed by atoms with E-state index < -0.39 is 26.8 Å². The molecule has 33 heavy (non-hydrogen) atoms. The number of amides is 1. The van der Waals surface area contributed by atoms with Gasteiger partial charge < -0.3 is 14.4 Å². The van der Waals surface area contributed by atoms with Gasteiger partial charge in [0.2, 0.25) is 22.5 Å². The van der Waals surface area contributed by atoms with Gasteiger partial charge in [0.1, 0.15) is 19.0 Å². The zero-order valence-electron chi connectivity index (χ0n) is 18.3. The second-order valence-electron chi connectivity index (χ2n) is 8.73. The van der Waals surface area contributed by atoms with Gasteiger partial charge in [-0.05, 0) is 18.1 Å². The van der Waals surface area contributed by atoms with Gasteiger partial charge in [0.15, 0.2) is 11.5 Å². The fourth-order valence-electron chi connectivity index (χ4n) is 4.83. The Morgan fingerprint density at radius 1 is 1.15 bits per heavy atom. The van der Waals surface area contributed by atoms with Crippen LogP contribution < -0.4 is 9.47 Å². The molecule has 0 aromatic heterocycles. The number of sulfonamides is 1. The summed E-state index contributed by atoms with van der Waals surface area (Å²) in [5.41, 5.74) is 0. The second kappa shape index (κ2) is 9.26. The number of nitrogens with zero attached hydrogens (tertiary/aromatic N) is 3. The maximum absolute atomic E-state index is 13.1. The van der Waals surface area contributed by atoms with Gasteiger partial charge in [-0.3, -0.25) is 19.7 Å².